The Labute approximate surface area is 169 Å². The molecule has 2 aliphatic rings. The molecule has 0 saturated carbocycles. The van der Waals surface area contributed by atoms with Crippen LogP contribution in [-0.2, 0) is 24.2 Å². The summed E-state index contributed by atoms with van der Waals surface area (Å²) in [7, 11) is 0. The Kier molecular flexibility index (Phi) is 4.35. The van der Waals surface area contributed by atoms with Crippen molar-refractivity contribution in [2.45, 2.75) is 25.4 Å². The topological polar surface area (TPSA) is 61.8 Å². The minimum absolute atomic E-state index is 0.329. The molecule has 5 nitrogen and oxygen atoms in total. The van der Waals surface area contributed by atoms with Crippen molar-refractivity contribution in [1.29, 1.82) is 0 Å². The van der Waals surface area contributed by atoms with E-state index in [1.54, 1.807) is 0 Å². The van der Waals surface area contributed by atoms with Crippen LogP contribution in [0.2, 0.25) is 0 Å². The molecule has 5 heteroatoms. The molecule has 2 aliphatic heterocycles. The predicted molar refractivity (Wildman–Crippen MR) is 114 cm³/mol. The predicted octanol–water partition coefficient (Wildman–Crippen LogP) is 4.60. The molecule has 3 aromatic carbocycles. The molecule has 1 atom stereocenters. The van der Waals surface area contributed by atoms with E-state index in [0.29, 0.717) is 12.1 Å². The fraction of sp³-hybridized carbons (Fsp3) is 0.208. The number of para-hydroxylation sites is 1. The molecule has 0 bridgehead atoms. The van der Waals surface area contributed by atoms with Crippen molar-refractivity contribution in [1.82, 2.24) is 0 Å². The molecule has 0 fully saturated rings. The molecule has 2 heterocycles. The zero-order valence-electron chi connectivity index (χ0n) is 16.0. The molecule has 5 rings (SSSR count). The monoisotopic (exact) mass is 383 g/mol. The molecule has 1 N–H and O–H groups in total. The maximum Gasteiger partial charge on any atom is 0.257 e. The van der Waals surface area contributed by atoms with Crippen LogP contribution in [0.5, 0.6) is 0 Å². The van der Waals surface area contributed by atoms with Crippen LogP contribution in [-0.4, -0.2) is 12.5 Å². The zero-order chi connectivity index (χ0) is 19.8. The minimum Gasteiger partial charge on any atom is -0.367 e. The van der Waals surface area contributed by atoms with E-state index in [1.807, 2.05) is 18.2 Å². The number of carbonyl (C=O) groups is 1. The van der Waals surface area contributed by atoms with Crippen LogP contribution >= 0.6 is 0 Å². The van der Waals surface area contributed by atoms with E-state index in [9.17, 15) is 9.70 Å². The maximum absolute atomic E-state index is 12.1. The van der Waals surface area contributed by atoms with Crippen LogP contribution in [0, 0.1) is 4.91 Å². The van der Waals surface area contributed by atoms with Gasteiger partial charge in [-0.05, 0) is 41.2 Å². The molecule has 29 heavy (non-hydrogen) atoms. The Morgan fingerprint density at radius 3 is 2.62 bits per heavy atom. The van der Waals surface area contributed by atoms with Crippen molar-refractivity contribution >= 4 is 17.3 Å². The van der Waals surface area contributed by atoms with Gasteiger partial charge in [0.2, 0.25) is 0 Å². The number of amides is 1. The molecular formula is C24H21N3O2. The number of anilines is 2. The van der Waals surface area contributed by atoms with Gasteiger partial charge in [-0.2, -0.15) is 0 Å². The average molecular weight is 383 g/mol. The van der Waals surface area contributed by atoms with Gasteiger partial charge in [-0.25, -0.2) is 0 Å². The second kappa shape index (κ2) is 7.17. The van der Waals surface area contributed by atoms with Gasteiger partial charge in [-0.3, -0.25) is 4.79 Å². The Bertz CT molecular complexity index is 1090. The van der Waals surface area contributed by atoms with Crippen LogP contribution < -0.4 is 10.2 Å². The summed E-state index contributed by atoms with van der Waals surface area (Å²) in [6.45, 7) is 1.62. The summed E-state index contributed by atoms with van der Waals surface area (Å²) < 4.78 is 0. The molecular weight excluding hydrogens is 362 g/mol. The van der Waals surface area contributed by atoms with Crippen LogP contribution in [0.4, 0.5) is 11.4 Å². The van der Waals surface area contributed by atoms with Crippen molar-refractivity contribution in [3.63, 3.8) is 0 Å². The van der Waals surface area contributed by atoms with Crippen molar-refractivity contribution in [2.75, 3.05) is 16.8 Å². The molecule has 0 saturated heterocycles. The van der Waals surface area contributed by atoms with E-state index in [1.165, 1.54) is 22.4 Å². The highest BCUT2D eigenvalue weighted by atomic mass is 16.3. The second-order valence-corrected chi connectivity index (χ2v) is 7.63. The van der Waals surface area contributed by atoms with Crippen LogP contribution in [0.1, 0.15) is 33.9 Å². The third-order valence-electron chi connectivity index (χ3n) is 5.91. The van der Waals surface area contributed by atoms with Crippen LogP contribution in [0.25, 0.3) is 0 Å². The van der Waals surface area contributed by atoms with Gasteiger partial charge >= 0.3 is 0 Å². The number of carbonyl (C=O) groups excluding carboxylic acids is 1. The molecule has 0 aliphatic carbocycles. The van der Waals surface area contributed by atoms with Crippen molar-refractivity contribution in [3.05, 3.63) is 99.5 Å². The number of fused-ring (bicyclic) bond motifs is 3. The molecule has 144 valence electrons. The molecule has 0 aromatic heterocycles. The largest absolute Gasteiger partial charge is 0.367 e. The van der Waals surface area contributed by atoms with Gasteiger partial charge in [0.05, 0.1) is 5.69 Å². The highest BCUT2D eigenvalue weighted by Crippen LogP contribution is 2.40. The highest BCUT2D eigenvalue weighted by Gasteiger charge is 2.35. The summed E-state index contributed by atoms with van der Waals surface area (Å²) in [6, 6.07) is 22.0. The lowest BCUT2D eigenvalue weighted by atomic mass is 9.93. The summed E-state index contributed by atoms with van der Waals surface area (Å²) in [5.74, 6) is -0.329. The summed E-state index contributed by atoms with van der Waals surface area (Å²) in [5.41, 5.74) is 7.59. The number of nitrogens with zero attached hydrogens (tertiary/aromatic N) is 2. The lowest BCUT2D eigenvalue weighted by Gasteiger charge is -2.33. The van der Waals surface area contributed by atoms with Gasteiger partial charge in [0.1, 0.15) is 0 Å². The number of hydrogen-bond acceptors (Lipinski definition) is 4. The van der Waals surface area contributed by atoms with Crippen molar-refractivity contribution in [3.8, 4) is 0 Å². The van der Waals surface area contributed by atoms with E-state index in [2.05, 4.69) is 63.9 Å². The Hall–Kier alpha value is -3.47. The Balaban J connectivity index is 1.49. The first-order valence-electron chi connectivity index (χ1n) is 9.89. The Morgan fingerprint density at radius 1 is 1.00 bits per heavy atom. The van der Waals surface area contributed by atoms with E-state index in [4.69, 9.17) is 0 Å². The normalized spacial score (nSPS) is 17.4. The SMILES string of the molecule is O=NC1C(=O)Nc2c1ccc1c2CN(c2ccccc2Cc2ccccc2)CC1. The smallest absolute Gasteiger partial charge is 0.257 e. The third kappa shape index (κ3) is 3.09. The molecule has 3 aromatic rings. The lowest BCUT2D eigenvalue weighted by Crippen LogP contribution is -2.31. The zero-order valence-corrected chi connectivity index (χ0v) is 16.0. The summed E-state index contributed by atoms with van der Waals surface area (Å²) >= 11 is 0. The van der Waals surface area contributed by atoms with Gasteiger partial charge in [0.15, 0.2) is 6.04 Å². The quantitative estimate of drug-likeness (QED) is 0.670. The minimum atomic E-state index is -0.934. The number of benzene rings is 3. The summed E-state index contributed by atoms with van der Waals surface area (Å²) in [4.78, 5) is 25.6. The lowest BCUT2D eigenvalue weighted by molar-refractivity contribution is -0.116. The van der Waals surface area contributed by atoms with Gasteiger partial charge in [0.25, 0.3) is 5.91 Å². The van der Waals surface area contributed by atoms with Crippen LogP contribution in [0.15, 0.2) is 71.9 Å². The molecule has 0 radical (unpaired) electrons. The van der Waals surface area contributed by atoms with Gasteiger partial charge in [0, 0.05) is 24.3 Å². The van der Waals surface area contributed by atoms with Crippen LogP contribution in [0.3, 0.4) is 0 Å². The summed E-state index contributed by atoms with van der Waals surface area (Å²) in [5, 5.41) is 5.91. The number of rotatable bonds is 4. The number of hydrogen-bond donors (Lipinski definition) is 1. The Morgan fingerprint density at radius 2 is 1.79 bits per heavy atom. The van der Waals surface area contributed by atoms with Gasteiger partial charge in [-0.1, -0.05) is 65.8 Å². The highest BCUT2D eigenvalue weighted by molar-refractivity contribution is 6.03. The summed E-state index contributed by atoms with van der Waals surface area (Å²) in [6.07, 6.45) is 1.78. The first-order chi connectivity index (χ1) is 14.2. The van der Waals surface area contributed by atoms with E-state index >= 15 is 0 Å². The third-order valence-corrected chi connectivity index (χ3v) is 5.91. The second-order valence-electron chi connectivity index (χ2n) is 7.63. The van der Waals surface area contributed by atoms with E-state index in [-0.39, 0.29) is 5.91 Å². The first-order valence-corrected chi connectivity index (χ1v) is 9.89. The van der Waals surface area contributed by atoms with E-state index in [0.717, 1.165) is 30.6 Å². The fourth-order valence-corrected chi connectivity index (χ4v) is 4.45. The van der Waals surface area contributed by atoms with Gasteiger partial charge < -0.3 is 10.2 Å². The number of nitrogens with one attached hydrogen (secondary N) is 1. The molecule has 0 spiro atoms. The van der Waals surface area contributed by atoms with Gasteiger partial charge in [-0.15, -0.1) is 4.91 Å². The first kappa shape index (κ1) is 17.6. The fourth-order valence-electron chi connectivity index (χ4n) is 4.45. The van der Waals surface area contributed by atoms with E-state index < -0.39 is 6.04 Å². The van der Waals surface area contributed by atoms with Crippen molar-refractivity contribution in [2.24, 2.45) is 5.18 Å². The molecule has 1 amide bonds. The maximum atomic E-state index is 12.1. The van der Waals surface area contributed by atoms with Crippen molar-refractivity contribution < 1.29 is 4.79 Å². The average Bonchev–Trinajstić information content (AvgIpc) is 3.10. The molecule has 1 unspecified atom stereocenters. The number of nitroso groups, excluding NO2 is 1. The standard InChI is InChI=1S/C24H21N3O2/c28-24-23(26-29)19-11-10-17-12-13-27(15-20(17)22(19)25-24)21-9-5-4-8-18(21)14-16-6-2-1-3-7-16/h1-11,23H,12-15H2,(H,25,28).